The van der Waals surface area contributed by atoms with Crippen molar-refractivity contribution in [2.75, 3.05) is 0 Å². The highest BCUT2D eigenvalue weighted by Gasteiger charge is 2.07. The number of nitrogens with one attached hydrogen (secondary N) is 1. The molecule has 1 atom stereocenters. The Kier molecular flexibility index (Phi) is 6.16. The van der Waals surface area contributed by atoms with E-state index in [-0.39, 0.29) is 6.04 Å². The van der Waals surface area contributed by atoms with Gasteiger partial charge in [-0.3, -0.25) is 0 Å². The fraction of sp³-hybridized carbons (Fsp3) is 0.769. The molecule has 0 radical (unpaired) electrons. The van der Waals surface area contributed by atoms with Crippen LogP contribution < -0.4 is 5.73 Å². The van der Waals surface area contributed by atoms with Crippen molar-refractivity contribution in [1.82, 2.24) is 9.97 Å². The lowest BCUT2D eigenvalue weighted by Crippen LogP contribution is -2.10. The number of aromatic nitrogens is 2. The first-order valence-electron chi connectivity index (χ1n) is 6.57. The first-order valence-corrected chi connectivity index (χ1v) is 6.57. The molecule has 3 nitrogen and oxygen atoms in total. The summed E-state index contributed by atoms with van der Waals surface area (Å²) in [5, 5.41) is 0. The van der Waals surface area contributed by atoms with E-state index in [4.69, 9.17) is 5.73 Å². The summed E-state index contributed by atoms with van der Waals surface area (Å²) in [5.41, 5.74) is 7.11. The minimum Gasteiger partial charge on any atom is -0.345 e. The Bertz CT molecular complexity index is 280. The summed E-state index contributed by atoms with van der Waals surface area (Å²) < 4.78 is 0. The third-order valence-corrected chi connectivity index (χ3v) is 2.91. The smallest absolute Gasteiger partial charge is 0.106 e. The van der Waals surface area contributed by atoms with Crippen LogP contribution in [-0.2, 0) is 6.42 Å². The summed E-state index contributed by atoms with van der Waals surface area (Å²) in [4.78, 5) is 7.72. The van der Waals surface area contributed by atoms with Gasteiger partial charge in [0, 0.05) is 18.7 Å². The van der Waals surface area contributed by atoms with Crippen molar-refractivity contribution >= 4 is 0 Å². The Morgan fingerprint density at radius 1 is 1.25 bits per heavy atom. The van der Waals surface area contributed by atoms with Gasteiger partial charge in [0.25, 0.3) is 0 Å². The van der Waals surface area contributed by atoms with Gasteiger partial charge in [-0.1, -0.05) is 39.5 Å². The van der Waals surface area contributed by atoms with Gasteiger partial charge in [0.05, 0.1) is 5.69 Å². The molecular weight excluding hydrogens is 198 g/mol. The zero-order valence-electron chi connectivity index (χ0n) is 10.6. The van der Waals surface area contributed by atoms with Gasteiger partial charge in [0.1, 0.15) is 5.82 Å². The molecule has 1 aromatic rings. The lowest BCUT2D eigenvalue weighted by molar-refractivity contribution is 0.619. The third kappa shape index (κ3) is 4.35. The van der Waals surface area contributed by atoms with Crippen LogP contribution >= 0.6 is 0 Å². The highest BCUT2D eigenvalue weighted by Crippen LogP contribution is 2.14. The maximum atomic E-state index is 6.02. The molecule has 1 heterocycles. The number of imidazole rings is 1. The SMILES string of the molecule is CCCCCCc1ncc(C(N)CCC)[nH]1. The summed E-state index contributed by atoms with van der Waals surface area (Å²) in [6.45, 7) is 4.39. The summed E-state index contributed by atoms with van der Waals surface area (Å²) >= 11 is 0. The largest absolute Gasteiger partial charge is 0.345 e. The number of aryl methyl sites for hydroxylation is 1. The molecule has 0 saturated carbocycles. The van der Waals surface area contributed by atoms with Crippen LogP contribution in [0.15, 0.2) is 6.20 Å². The van der Waals surface area contributed by atoms with Gasteiger partial charge in [-0.25, -0.2) is 4.98 Å². The average Bonchev–Trinajstić information content (AvgIpc) is 2.73. The molecule has 3 N–H and O–H groups in total. The van der Waals surface area contributed by atoms with E-state index in [0.29, 0.717) is 0 Å². The number of hydrogen-bond donors (Lipinski definition) is 2. The van der Waals surface area contributed by atoms with E-state index in [2.05, 4.69) is 23.8 Å². The number of hydrogen-bond acceptors (Lipinski definition) is 2. The highest BCUT2D eigenvalue weighted by molar-refractivity contribution is 5.06. The minimum absolute atomic E-state index is 0.127. The van der Waals surface area contributed by atoms with E-state index in [9.17, 15) is 0 Å². The Labute approximate surface area is 98.8 Å². The van der Waals surface area contributed by atoms with Crippen LogP contribution in [0.5, 0.6) is 0 Å². The first kappa shape index (κ1) is 13.2. The third-order valence-electron chi connectivity index (χ3n) is 2.91. The van der Waals surface area contributed by atoms with E-state index in [1.807, 2.05) is 6.20 Å². The van der Waals surface area contributed by atoms with E-state index in [1.165, 1.54) is 25.7 Å². The second kappa shape index (κ2) is 7.44. The molecule has 1 rings (SSSR count). The Morgan fingerprint density at radius 2 is 2.06 bits per heavy atom. The highest BCUT2D eigenvalue weighted by atomic mass is 14.9. The van der Waals surface area contributed by atoms with Gasteiger partial charge < -0.3 is 10.7 Å². The maximum Gasteiger partial charge on any atom is 0.106 e. The second-order valence-corrected chi connectivity index (χ2v) is 4.49. The van der Waals surface area contributed by atoms with Crippen LogP contribution in [0.25, 0.3) is 0 Å². The number of nitrogens with zero attached hydrogens (tertiary/aromatic N) is 1. The van der Waals surface area contributed by atoms with Gasteiger partial charge in [0.2, 0.25) is 0 Å². The van der Waals surface area contributed by atoms with Gasteiger partial charge in [-0.05, 0) is 12.8 Å². The Hall–Kier alpha value is -0.830. The second-order valence-electron chi connectivity index (χ2n) is 4.49. The lowest BCUT2D eigenvalue weighted by atomic mass is 10.1. The van der Waals surface area contributed by atoms with E-state index >= 15 is 0 Å². The number of unbranched alkanes of at least 4 members (excludes halogenated alkanes) is 3. The molecule has 1 unspecified atom stereocenters. The van der Waals surface area contributed by atoms with Crippen molar-refractivity contribution in [2.24, 2.45) is 5.73 Å². The molecule has 0 spiro atoms. The number of aromatic amines is 1. The van der Waals surface area contributed by atoms with Gasteiger partial charge in [0.15, 0.2) is 0 Å². The standard InChI is InChI=1S/C13H25N3/c1-3-5-6-7-9-13-15-10-12(16-13)11(14)8-4-2/h10-11H,3-9,14H2,1-2H3,(H,15,16). The van der Waals surface area contributed by atoms with Crippen molar-refractivity contribution in [1.29, 1.82) is 0 Å². The summed E-state index contributed by atoms with van der Waals surface area (Å²) in [7, 11) is 0. The summed E-state index contributed by atoms with van der Waals surface area (Å²) in [6.07, 6.45) is 10.2. The molecule has 0 aromatic carbocycles. The van der Waals surface area contributed by atoms with Crippen molar-refractivity contribution in [2.45, 2.75) is 64.8 Å². The molecule has 0 aliphatic rings. The number of H-pyrrole nitrogens is 1. The lowest BCUT2D eigenvalue weighted by Gasteiger charge is -2.06. The zero-order valence-corrected chi connectivity index (χ0v) is 10.6. The van der Waals surface area contributed by atoms with Gasteiger partial charge in [-0.15, -0.1) is 0 Å². The molecule has 3 heteroatoms. The zero-order chi connectivity index (χ0) is 11.8. The van der Waals surface area contributed by atoms with Crippen LogP contribution in [0.4, 0.5) is 0 Å². The van der Waals surface area contributed by atoms with Crippen LogP contribution in [0, 0.1) is 0 Å². The quantitative estimate of drug-likeness (QED) is 0.664. The summed E-state index contributed by atoms with van der Waals surface area (Å²) in [5.74, 6) is 1.10. The molecule has 0 aliphatic heterocycles. The van der Waals surface area contributed by atoms with E-state index < -0.39 is 0 Å². The Balaban J connectivity index is 2.33. The fourth-order valence-corrected chi connectivity index (χ4v) is 1.88. The predicted octanol–water partition coefficient (Wildman–Crippen LogP) is 3.33. The molecule has 0 bridgehead atoms. The van der Waals surface area contributed by atoms with Crippen LogP contribution in [0.3, 0.4) is 0 Å². The number of rotatable bonds is 8. The first-order chi connectivity index (χ1) is 7.77. The van der Waals surface area contributed by atoms with Crippen molar-refractivity contribution in [3.8, 4) is 0 Å². The van der Waals surface area contributed by atoms with Crippen molar-refractivity contribution < 1.29 is 0 Å². The fourth-order valence-electron chi connectivity index (χ4n) is 1.88. The summed E-state index contributed by atoms with van der Waals surface area (Å²) in [6, 6.07) is 0.127. The Morgan fingerprint density at radius 3 is 2.75 bits per heavy atom. The molecule has 0 aliphatic carbocycles. The minimum atomic E-state index is 0.127. The van der Waals surface area contributed by atoms with Crippen LogP contribution in [0.2, 0.25) is 0 Å². The molecule has 0 fully saturated rings. The number of nitrogens with two attached hydrogens (primary N) is 1. The van der Waals surface area contributed by atoms with Crippen LogP contribution in [0.1, 0.15) is 69.9 Å². The van der Waals surface area contributed by atoms with Crippen LogP contribution in [-0.4, -0.2) is 9.97 Å². The van der Waals surface area contributed by atoms with E-state index in [0.717, 1.165) is 30.8 Å². The maximum absolute atomic E-state index is 6.02. The molecule has 1 aromatic heterocycles. The van der Waals surface area contributed by atoms with E-state index in [1.54, 1.807) is 0 Å². The predicted molar refractivity (Wildman–Crippen MR) is 68.3 cm³/mol. The van der Waals surface area contributed by atoms with Gasteiger partial charge >= 0.3 is 0 Å². The van der Waals surface area contributed by atoms with Gasteiger partial charge in [-0.2, -0.15) is 0 Å². The molecular formula is C13H25N3. The molecule has 92 valence electrons. The van der Waals surface area contributed by atoms with Crippen molar-refractivity contribution in [3.63, 3.8) is 0 Å². The molecule has 16 heavy (non-hydrogen) atoms. The van der Waals surface area contributed by atoms with Crippen molar-refractivity contribution in [3.05, 3.63) is 17.7 Å². The average molecular weight is 223 g/mol. The molecule has 0 amide bonds. The normalized spacial score (nSPS) is 12.9. The molecule has 0 saturated heterocycles. The monoisotopic (exact) mass is 223 g/mol. The topological polar surface area (TPSA) is 54.7 Å².